The van der Waals surface area contributed by atoms with Gasteiger partial charge in [0.15, 0.2) is 0 Å². The number of hydrogen-bond acceptors (Lipinski definition) is 3. The predicted octanol–water partition coefficient (Wildman–Crippen LogP) is 2.09. The standard InChI is InChI=1S/C10H13NO2/c1-7-5-9(3-4-10(7)12)6-8(2)11-13/h3-5,12-13H,6H2,1-2H3/b11-8+. The van der Waals surface area contributed by atoms with E-state index in [1.807, 2.05) is 19.1 Å². The minimum Gasteiger partial charge on any atom is -0.508 e. The molecule has 0 aliphatic carbocycles. The molecule has 0 bridgehead atoms. The smallest absolute Gasteiger partial charge is 0.118 e. The molecular weight excluding hydrogens is 166 g/mol. The van der Waals surface area contributed by atoms with Crippen LogP contribution < -0.4 is 0 Å². The lowest BCUT2D eigenvalue weighted by Crippen LogP contribution is -1.97. The van der Waals surface area contributed by atoms with Gasteiger partial charge < -0.3 is 10.3 Å². The largest absolute Gasteiger partial charge is 0.508 e. The molecule has 0 saturated carbocycles. The van der Waals surface area contributed by atoms with Crippen LogP contribution in [0.1, 0.15) is 18.1 Å². The summed E-state index contributed by atoms with van der Waals surface area (Å²) in [6, 6.07) is 5.34. The monoisotopic (exact) mass is 179 g/mol. The van der Waals surface area contributed by atoms with Gasteiger partial charge in [-0.1, -0.05) is 17.3 Å². The Labute approximate surface area is 77.3 Å². The number of hydrogen-bond donors (Lipinski definition) is 2. The van der Waals surface area contributed by atoms with Crippen LogP contribution in [0.3, 0.4) is 0 Å². The van der Waals surface area contributed by atoms with Crippen LogP contribution in [0.4, 0.5) is 0 Å². The normalized spacial score (nSPS) is 11.7. The molecule has 0 amide bonds. The van der Waals surface area contributed by atoms with E-state index in [4.69, 9.17) is 5.21 Å². The Morgan fingerprint density at radius 3 is 2.69 bits per heavy atom. The number of aromatic hydroxyl groups is 1. The van der Waals surface area contributed by atoms with E-state index in [1.165, 1.54) is 0 Å². The number of phenols is 1. The van der Waals surface area contributed by atoms with Gasteiger partial charge in [-0.25, -0.2) is 0 Å². The van der Waals surface area contributed by atoms with Crippen molar-refractivity contribution in [2.24, 2.45) is 5.16 Å². The molecule has 2 N–H and O–H groups in total. The second-order valence-corrected chi connectivity index (χ2v) is 3.13. The summed E-state index contributed by atoms with van der Waals surface area (Å²) >= 11 is 0. The highest BCUT2D eigenvalue weighted by Gasteiger charge is 1.99. The zero-order chi connectivity index (χ0) is 9.84. The Morgan fingerprint density at radius 2 is 2.15 bits per heavy atom. The first kappa shape index (κ1) is 9.58. The molecule has 0 atom stereocenters. The summed E-state index contributed by atoms with van der Waals surface area (Å²) in [4.78, 5) is 0. The van der Waals surface area contributed by atoms with Crippen molar-refractivity contribution in [2.75, 3.05) is 0 Å². The topological polar surface area (TPSA) is 52.8 Å². The molecule has 0 heterocycles. The number of rotatable bonds is 2. The molecule has 0 radical (unpaired) electrons. The van der Waals surface area contributed by atoms with Gasteiger partial charge >= 0.3 is 0 Å². The number of phenolic OH excluding ortho intramolecular Hbond substituents is 1. The highest BCUT2D eigenvalue weighted by Crippen LogP contribution is 2.17. The molecule has 3 heteroatoms. The van der Waals surface area contributed by atoms with E-state index < -0.39 is 0 Å². The van der Waals surface area contributed by atoms with Gasteiger partial charge in [0.05, 0.1) is 5.71 Å². The summed E-state index contributed by atoms with van der Waals surface area (Å²) in [5, 5.41) is 20.8. The van der Waals surface area contributed by atoms with E-state index in [1.54, 1.807) is 13.0 Å². The van der Waals surface area contributed by atoms with Crippen molar-refractivity contribution in [1.82, 2.24) is 0 Å². The van der Waals surface area contributed by atoms with Crippen molar-refractivity contribution >= 4 is 5.71 Å². The first-order chi connectivity index (χ1) is 6.13. The number of benzene rings is 1. The van der Waals surface area contributed by atoms with Gasteiger partial charge in [0, 0.05) is 6.42 Å². The lowest BCUT2D eigenvalue weighted by molar-refractivity contribution is 0.317. The van der Waals surface area contributed by atoms with Gasteiger partial charge in [-0.2, -0.15) is 0 Å². The fourth-order valence-electron chi connectivity index (χ4n) is 1.16. The molecule has 0 aliphatic rings. The second-order valence-electron chi connectivity index (χ2n) is 3.13. The summed E-state index contributed by atoms with van der Waals surface area (Å²) in [5.74, 6) is 0.294. The van der Waals surface area contributed by atoms with Crippen LogP contribution in [0.25, 0.3) is 0 Å². The van der Waals surface area contributed by atoms with E-state index in [0.29, 0.717) is 17.9 Å². The molecule has 1 aromatic rings. The minimum atomic E-state index is 0.294. The van der Waals surface area contributed by atoms with Crippen LogP contribution in [0.15, 0.2) is 23.4 Å². The van der Waals surface area contributed by atoms with E-state index >= 15 is 0 Å². The van der Waals surface area contributed by atoms with Gasteiger partial charge in [-0.3, -0.25) is 0 Å². The zero-order valence-electron chi connectivity index (χ0n) is 7.78. The molecule has 0 spiro atoms. The van der Waals surface area contributed by atoms with Gasteiger partial charge in [-0.15, -0.1) is 0 Å². The maximum Gasteiger partial charge on any atom is 0.118 e. The third-order valence-corrected chi connectivity index (χ3v) is 1.89. The fraction of sp³-hybridized carbons (Fsp3) is 0.300. The molecule has 0 aliphatic heterocycles. The number of oxime groups is 1. The summed E-state index contributed by atoms with van der Waals surface area (Å²) < 4.78 is 0. The van der Waals surface area contributed by atoms with E-state index in [9.17, 15) is 5.11 Å². The molecule has 70 valence electrons. The quantitative estimate of drug-likeness (QED) is 0.415. The first-order valence-electron chi connectivity index (χ1n) is 4.09. The predicted molar refractivity (Wildman–Crippen MR) is 51.4 cm³/mol. The SMILES string of the molecule is C/C(Cc1ccc(O)c(C)c1)=N\O. The Hall–Kier alpha value is -1.51. The highest BCUT2D eigenvalue weighted by molar-refractivity contribution is 5.83. The third-order valence-electron chi connectivity index (χ3n) is 1.89. The van der Waals surface area contributed by atoms with Crippen LogP contribution in [-0.2, 0) is 6.42 Å². The van der Waals surface area contributed by atoms with Gasteiger partial charge in [0.25, 0.3) is 0 Å². The maximum absolute atomic E-state index is 9.26. The van der Waals surface area contributed by atoms with Gasteiger partial charge in [-0.05, 0) is 31.0 Å². The summed E-state index contributed by atoms with van der Waals surface area (Å²) in [7, 11) is 0. The second kappa shape index (κ2) is 3.94. The van der Waals surface area contributed by atoms with Crippen molar-refractivity contribution in [1.29, 1.82) is 0 Å². The lowest BCUT2D eigenvalue weighted by atomic mass is 10.1. The average Bonchev–Trinajstić information content (AvgIpc) is 2.11. The molecule has 1 rings (SSSR count). The summed E-state index contributed by atoms with van der Waals surface area (Å²) in [6.45, 7) is 3.59. The van der Waals surface area contributed by atoms with E-state index in [-0.39, 0.29) is 0 Å². The van der Waals surface area contributed by atoms with Gasteiger partial charge in [0.2, 0.25) is 0 Å². The van der Waals surface area contributed by atoms with Crippen LogP contribution in [0.2, 0.25) is 0 Å². The number of nitrogens with zero attached hydrogens (tertiary/aromatic N) is 1. The molecule has 0 saturated heterocycles. The molecule has 0 unspecified atom stereocenters. The average molecular weight is 179 g/mol. The Kier molecular flexibility index (Phi) is 2.90. The molecular formula is C10H13NO2. The van der Waals surface area contributed by atoms with Crippen LogP contribution in [0, 0.1) is 6.92 Å². The zero-order valence-corrected chi connectivity index (χ0v) is 7.78. The van der Waals surface area contributed by atoms with Crippen LogP contribution in [0.5, 0.6) is 5.75 Å². The minimum absolute atomic E-state index is 0.294. The molecule has 13 heavy (non-hydrogen) atoms. The Balaban J connectivity index is 2.86. The fourth-order valence-corrected chi connectivity index (χ4v) is 1.16. The molecule has 0 fully saturated rings. The first-order valence-corrected chi connectivity index (χ1v) is 4.09. The maximum atomic E-state index is 9.26. The Morgan fingerprint density at radius 1 is 1.46 bits per heavy atom. The van der Waals surface area contributed by atoms with Crippen molar-refractivity contribution in [2.45, 2.75) is 20.3 Å². The van der Waals surface area contributed by atoms with Crippen molar-refractivity contribution in [3.8, 4) is 5.75 Å². The summed E-state index contributed by atoms with van der Waals surface area (Å²) in [6.07, 6.45) is 0.609. The number of aryl methyl sites for hydroxylation is 1. The van der Waals surface area contributed by atoms with Crippen molar-refractivity contribution < 1.29 is 10.3 Å². The van der Waals surface area contributed by atoms with E-state index in [0.717, 1.165) is 11.1 Å². The van der Waals surface area contributed by atoms with Crippen LogP contribution in [-0.4, -0.2) is 16.0 Å². The van der Waals surface area contributed by atoms with Crippen LogP contribution >= 0.6 is 0 Å². The summed E-state index contributed by atoms with van der Waals surface area (Å²) in [5.41, 5.74) is 2.53. The van der Waals surface area contributed by atoms with Crippen molar-refractivity contribution in [3.05, 3.63) is 29.3 Å². The highest BCUT2D eigenvalue weighted by atomic mass is 16.4. The van der Waals surface area contributed by atoms with Gasteiger partial charge in [0.1, 0.15) is 5.75 Å². The Bertz CT molecular complexity index is 332. The molecule has 1 aromatic carbocycles. The third kappa shape index (κ3) is 2.47. The van der Waals surface area contributed by atoms with Crippen molar-refractivity contribution in [3.63, 3.8) is 0 Å². The lowest BCUT2D eigenvalue weighted by Gasteiger charge is -2.02. The molecule has 3 nitrogen and oxygen atoms in total. The molecule has 0 aromatic heterocycles. The van der Waals surface area contributed by atoms with E-state index in [2.05, 4.69) is 5.16 Å².